The number of benzene rings is 1. The highest BCUT2D eigenvalue weighted by molar-refractivity contribution is 5.93. The van der Waals surface area contributed by atoms with Crippen molar-refractivity contribution >= 4 is 11.7 Å². The van der Waals surface area contributed by atoms with Crippen molar-refractivity contribution in [1.82, 2.24) is 9.88 Å². The van der Waals surface area contributed by atoms with Gasteiger partial charge in [0.25, 0.3) is 5.91 Å². The lowest BCUT2D eigenvalue weighted by molar-refractivity contribution is -0.124. The van der Waals surface area contributed by atoms with E-state index in [-0.39, 0.29) is 17.6 Å². The predicted octanol–water partition coefficient (Wildman–Crippen LogP) is 3.04. The van der Waals surface area contributed by atoms with E-state index in [9.17, 15) is 9.59 Å². The number of carbonyl (C=O) groups excluding carboxylic acids is 2. The number of carbonyl (C=O) groups is 2. The fraction of sp³-hybridized carbons (Fsp3) is 0.421. The Morgan fingerprint density at radius 1 is 1.29 bits per heavy atom. The van der Waals surface area contributed by atoms with Gasteiger partial charge in [-0.05, 0) is 31.7 Å². The van der Waals surface area contributed by atoms with E-state index in [1.807, 2.05) is 30.3 Å². The maximum Gasteiger partial charge on any atom is 0.276 e. The molecule has 1 amide bonds. The third kappa shape index (κ3) is 3.72. The monoisotopic (exact) mass is 326 g/mol. The molecule has 0 bridgehead atoms. The summed E-state index contributed by atoms with van der Waals surface area (Å²) < 4.78 is 5.11. The molecule has 1 aliphatic heterocycles. The first-order valence-electron chi connectivity index (χ1n) is 8.41. The van der Waals surface area contributed by atoms with E-state index >= 15 is 0 Å². The number of ketones is 1. The van der Waals surface area contributed by atoms with Gasteiger partial charge in [-0.15, -0.1) is 0 Å². The normalized spacial score (nSPS) is 17.7. The van der Waals surface area contributed by atoms with Gasteiger partial charge in [-0.1, -0.05) is 30.3 Å². The summed E-state index contributed by atoms with van der Waals surface area (Å²) in [4.78, 5) is 30.8. The lowest BCUT2D eigenvalue weighted by Gasteiger charge is -2.31. The first-order chi connectivity index (χ1) is 11.6. The van der Waals surface area contributed by atoms with Crippen molar-refractivity contribution in [3.05, 3.63) is 53.7 Å². The molecule has 1 aromatic carbocycles. The van der Waals surface area contributed by atoms with E-state index in [1.54, 1.807) is 11.8 Å². The Morgan fingerprint density at radius 2 is 2.08 bits per heavy atom. The largest absolute Gasteiger partial charge is 0.448 e. The van der Waals surface area contributed by atoms with Crippen LogP contribution in [0.2, 0.25) is 0 Å². The Morgan fingerprint density at radius 3 is 2.79 bits per heavy atom. The minimum Gasteiger partial charge on any atom is -0.448 e. The van der Waals surface area contributed by atoms with Gasteiger partial charge in [-0.3, -0.25) is 9.59 Å². The number of Topliss-reactive ketones (excluding diaryl/α,β-unsaturated/α-hetero) is 1. The standard InChI is InChI=1S/C19H22N2O3/c1-14-18(20-13-24-14)19(23)21-11-5-8-16(12-21)17(22)10-9-15-6-3-2-4-7-15/h2-4,6-7,13,16H,5,8-12H2,1H3/t16-/m0/s1. The second kappa shape index (κ2) is 7.43. The summed E-state index contributed by atoms with van der Waals surface area (Å²) in [5.41, 5.74) is 1.53. The van der Waals surface area contributed by atoms with E-state index in [0.29, 0.717) is 31.0 Å². The van der Waals surface area contributed by atoms with Crippen LogP contribution in [0, 0.1) is 12.8 Å². The number of likely N-dealkylation sites (tertiary alicyclic amines) is 1. The van der Waals surface area contributed by atoms with Gasteiger partial charge in [0.2, 0.25) is 0 Å². The highest BCUT2D eigenvalue weighted by Gasteiger charge is 2.30. The van der Waals surface area contributed by atoms with Crippen molar-refractivity contribution in [3.8, 4) is 0 Å². The molecule has 5 nitrogen and oxygen atoms in total. The molecule has 0 saturated carbocycles. The average Bonchev–Trinajstić information content (AvgIpc) is 3.06. The molecule has 1 aromatic heterocycles. The molecule has 126 valence electrons. The quantitative estimate of drug-likeness (QED) is 0.847. The van der Waals surface area contributed by atoms with E-state index in [0.717, 1.165) is 19.3 Å². The molecule has 2 heterocycles. The summed E-state index contributed by atoms with van der Waals surface area (Å²) in [6.07, 6.45) is 4.28. The third-order valence-corrected chi connectivity index (χ3v) is 4.61. The second-order valence-electron chi connectivity index (χ2n) is 6.30. The zero-order chi connectivity index (χ0) is 16.9. The number of oxazole rings is 1. The average molecular weight is 326 g/mol. The number of hydrogen-bond acceptors (Lipinski definition) is 4. The minimum atomic E-state index is -0.137. The van der Waals surface area contributed by atoms with Crippen molar-refractivity contribution in [2.75, 3.05) is 13.1 Å². The Labute approximate surface area is 141 Å². The van der Waals surface area contributed by atoms with E-state index in [1.165, 1.54) is 12.0 Å². The molecule has 1 aliphatic rings. The van der Waals surface area contributed by atoms with Crippen LogP contribution in [0.15, 0.2) is 41.1 Å². The number of nitrogens with zero attached hydrogens (tertiary/aromatic N) is 2. The van der Waals surface area contributed by atoms with Crippen LogP contribution in [0.1, 0.15) is 41.1 Å². The molecule has 0 unspecified atom stereocenters. The number of rotatable bonds is 5. The molecule has 3 rings (SSSR count). The van der Waals surface area contributed by atoms with Crippen LogP contribution in [0.4, 0.5) is 0 Å². The van der Waals surface area contributed by atoms with Gasteiger partial charge in [-0.2, -0.15) is 0 Å². The van der Waals surface area contributed by atoms with Crippen LogP contribution in [0.5, 0.6) is 0 Å². The Kier molecular flexibility index (Phi) is 5.08. The van der Waals surface area contributed by atoms with Gasteiger partial charge in [0.15, 0.2) is 12.1 Å². The molecule has 0 aliphatic carbocycles. The number of aryl methyl sites for hydroxylation is 2. The molecule has 1 atom stereocenters. The minimum absolute atomic E-state index is 0.0707. The maximum atomic E-state index is 12.5. The number of aromatic nitrogens is 1. The van der Waals surface area contributed by atoms with E-state index < -0.39 is 0 Å². The van der Waals surface area contributed by atoms with Gasteiger partial charge in [-0.25, -0.2) is 4.98 Å². The second-order valence-corrected chi connectivity index (χ2v) is 6.30. The lowest BCUT2D eigenvalue weighted by Crippen LogP contribution is -2.42. The van der Waals surface area contributed by atoms with Gasteiger partial charge in [0, 0.05) is 25.4 Å². The fourth-order valence-corrected chi connectivity index (χ4v) is 3.20. The summed E-state index contributed by atoms with van der Waals surface area (Å²) in [7, 11) is 0. The van der Waals surface area contributed by atoms with Crippen molar-refractivity contribution < 1.29 is 14.0 Å². The lowest BCUT2D eigenvalue weighted by atomic mass is 9.90. The Hall–Kier alpha value is -2.43. The van der Waals surface area contributed by atoms with Gasteiger partial charge < -0.3 is 9.32 Å². The summed E-state index contributed by atoms with van der Waals surface area (Å²) >= 11 is 0. The fourth-order valence-electron chi connectivity index (χ4n) is 3.20. The number of amides is 1. The summed E-state index contributed by atoms with van der Waals surface area (Å²) in [6.45, 7) is 2.89. The molecule has 1 fully saturated rings. The molecule has 1 saturated heterocycles. The maximum absolute atomic E-state index is 12.5. The molecule has 2 aromatic rings. The van der Waals surface area contributed by atoms with Crippen molar-refractivity contribution in [1.29, 1.82) is 0 Å². The summed E-state index contributed by atoms with van der Waals surface area (Å²) in [5.74, 6) is 0.561. The first kappa shape index (κ1) is 16.4. The highest BCUT2D eigenvalue weighted by atomic mass is 16.3. The topological polar surface area (TPSA) is 63.4 Å². The third-order valence-electron chi connectivity index (χ3n) is 4.61. The van der Waals surface area contributed by atoms with E-state index in [2.05, 4.69) is 4.98 Å². The number of hydrogen-bond donors (Lipinski definition) is 0. The highest BCUT2D eigenvalue weighted by Crippen LogP contribution is 2.21. The van der Waals surface area contributed by atoms with E-state index in [4.69, 9.17) is 4.42 Å². The summed E-state index contributed by atoms with van der Waals surface area (Å²) in [6, 6.07) is 10.0. The van der Waals surface area contributed by atoms with Gasteiger partial charge in [0.05, 0.1) is 0 Å². The zero-order valence-corrected chi connectivity index (χ0v) is 13.9. The molecular formula is C19H22N2O3. The predicted molar refractivity (Wildman–Crippen MR) is 89.6 cm³/mol. The van der Waals surface area contributed by atoms with Crippen LogP contribution in [-0.4, -0.2) is 34.7 Å². The van der Waals surface area contributed by atoms with Crippen molar-refractivity contribution in [2.24, 2.45) is 5.92 Å². The molecule has 0 radical (unpaired) electrons. The summed E-state index contributed by atoms with van der Waals surface area (Å²) in [5, 5.41) is 0. The molecule has 5 heteroatoms. The van der Waals surface area contributed by atoms with Crippen molar-refractivity contribution in [2.45, 2.75) is 32.6 Å². The molecular weight excluding hydrogens is 304 g/mol. The molecule has 0 spiro atoms. The Bertz CT molecular complexity index is 708. The molecule has 0 N–H and O–H groups in total. The van der Waals surface area contributed by atoms with Crippen LogP contribution < -0.4 is 0 Å². The van der Waals surface area contributed by atoms with Crippen molar-refractivity contribution in [3.63, 3.8) is 0 Å². The molecule has 24 heavy (non-hydrogen) atoms. The SMILES string of the molecule is Cc1ocnc1C(=O)N1CCC[C@H](C(=O)CCc2ccccc2)C1. The first-order valence-corrected chi connectivity index (χ1v) is 8.41. The van der Waals surface area contributed by atoms with Crippen LogP contribution >= 0.6 is 0 Å². The Balaban J connectivity index is 1.58. The van der Waals surface area contributed by atoms with Crippen LogP contribution in [0.25, 0.3) is 0 Å². The van der Waals surface area contributed by atoms with Crippen LogP contribution in [-0.2, 0) is 11.2 Å². The van der Waals surface area contributed by atoms with Gasteiger partial charge in [0.1, 0.15) is 11.5 Å². The number of piperidine rings is 1. The smallest absolute Gasteiger partial charge is 0.276 e. The zero-order valence-electron chi connectivity index (χ0n) is 13.9. The van der Waals surface area contributed by atoms with Crippen LogP contribution in [0.3, 0.4) is 0 Å². The van der Waals surface area contributed by atoms with Gasteiger partial charge >= 0.3 is 0 Å².